The molecule has 2 bridgehead atoms. The van der Waals surface area contributed by atoms with Gasteiger partial charge in [0.15, 0.2) is 5.11 Å². The Bertz CT molecular complexity index is 543. The van der Waals surface area contributed by atoms with Crippen LogP contribution in [0.3, 0.4) is 0 Å². The van der Waals surface area contributed by atoms with Crippen molar-refractivity contribution in [2.24, 2.45) is 11.8 Å². The average Bonchev–Trinajstić information content (AvgIpc) is 2.99. The third-order valence-corrected chi connectivity index (χ3v) is 5.40. The maximum atomic E-state index is 6.10. The van der Waals surface area contributed by atoms with Crippen molar-refractivity contribution in [2.45, 2.75) is 31.7 Å². The molecule has 0 saturated heterocycles. The standard InChI is InChI=1S/C14H16Cl3N3S/c15-9-5-10(16)13(11(17)6-9)19-20-14(21)18-12-4-7-1-2-8(12)3-7/h5-8,12,19H,1-4H2,(H2,18,20,21)/t7-,8-,12-/m0/s1. The summed E-state index contributed by atoms with van der Waals surface area (Å²) in [6.45, 7) is 0. The van der Waals surface area contributed by atoms with Gasteiger partial charge in [-0.05, 0) is 55.4 Å². The Morgan fingerprint density at radius 3 is 2.38 bits per heavy atom. The van der Waals surface area contributed by atoms with Gasteiger partial charge in [-0.3, -0.25) is 10.9 Å². The van der Waals surface area contributed by atoms with E-state index < -0.39 is 0 Å². The SMILES string of the molecule is S=C(NNc1c(Cl)cc(Cl)cc1Cl)N[C@H]1C[C@H]2CC[C@H]1C2. The number of hydrogen-bond donors (Lipinski definition) is 3. The van der Waals surface area contributed by atoms with E-state index in [0.717, 1.165) is 11.8 Å². The van der Waals surface area contributed by atoms with Crippen LogP contribution in [0, 0.1) is 11.8 Å². The fourth-order valence-corrected chi connectivity index (χ4v) is 4.52. The maximum Gasteiger partial charge on any atom is 0.185 e. The Hall–Kier alpha value is -0.420. The minimum absolute atomic E-state index is 0.447. The third-order valence-electron chi connectivity index (χ3n) is 4.36. The van der Waals surface area contributed by atoms with Gasteiger partial charge in [-0.25, -0.2) is 0 Å². The van der Waals surface area contributed by atoms with Crippen LogP contribution in [0.25, 0.3) is 0 Å². The summed E-state index contributed by atoms with van der Waals surface area (Å²) in [5, 5.41) is 5.33. The zero-order valence-corrected chi connectivity index (χ0v) is 14.3. The molecule has 3 atom stereocenters. The third kappa shape index (κ3) is 3.50. The van der Waals surface area contributed by atoms with E-state index in [0.29, 0.717) is 31.9 Å². The number of halogens is 3. The summed E-state index contributed by atoms with van der Waals surface area (Å²) >= 11 is 23.4. The van der Waals surface area contributed by atoms with Crippen LogP contribution in [0.4, 0.5) is 5.69 Å². The van der Waals surface area contributed by atoms with E-state index in [4.69, 9.17) is 47.0 Å². The Morgan fingerprint density at radius 2 is 1.81 bits per heavy atom. The molecule has 0 unspecified atom stereocenters. The van der Waals surface area contributed by atoms with E-state index in [1.165, 1.54) is 25.7 Å². The fourth-order valence-electron chi connectivity index (χ4n) is 3.41. The normalized spacial score (nSPS) is 26.7. The number of nitrogens with one attached hydrogen (secondary N) is 3. The van der Waals surface area contributed by atoms with Crippen LogP contribution in [0.15, 0.2) is 12.1 Å². The number of thiocarbonyl (C=S) groups is 1. The molecule has 0 aliphatic heterocycles. The Kier molecular flexibility index (Phi) is 4.69. The monoisotopic (exact) mass is 363 g/mol. The second kappa shape index (κ2) is 6.37. The molecule has 0 aromatic heterocycles. The number of hydrogen-bond acceptors (Lipinski definition) is 2. The lowest BCUT2D eigenvalue weighted by atomic mass is 9.96. The van der Waals surface area contributed by atoms with Gasteiger partial charge >= 0.3 is 0 Å². The van der Waals surface area contributed by atoms with E-state index in [2.05, 4.69) is 16.2 Å². The molecule has 21 heavy (non-hydrogen) atoms. The summed E-state index contributed by atoms with van der Waals surface area (Å²) in [5.74, 6) is 1.64. The summed E-state index contributed by atoms with van der Waals surface area (Å²) in [7, 11) is 0. The van der Waals surface area contributed by atoms with Crippen molar-refractivity contribution >= 4 is 57.8 Å². The summed E-state index contributed by atoms with van der Waals surface area (Å²) in [6.07, 6.45) is 5.24. The molecule has 1 aromatic rings. The molecular weight excluding hydrogens is 349 g/mol. The predicted octanol–water partition coefficient (Wildman–Crippen LogP) is 4.63. The zero-order valence-electron chi connectivity index (χ0n) is 11.3. The van der Waals surface area contributed by atoms with E-state index in [1.807, 2.05) is 0 Å². The molecule has 2 aliphatic rings. The Labute approximate surface area is 144 Å². The van der Waals surface area contributed by atoms with E-state index in [9.17, 15) is 0 Å². The van der Waals surface area contributed by atoms with Crippen molar-refractivity contribution in [1.29, 1.82) is 0 Å². The first-order valence-electron chi connectivity index (χ1n) is 7.00. The Morgan fingerprint density at radius 1 is 1.10 bits per heavy atom. The van der Waals surface area contributed by atoms with Crippen molar-refractivity contribution in [2.75, 3.05) is 5.43 Å². The van der Waals surface area contributed by atoms with Gasteiger partial charge in [0.1, 0.15) is 0 Å². The van der Waals surface area contributed by atoms with Gasteiger partial charge in [0.2, 0.25) is 0 Å². The van der Waals surface area contributed by atoms with Crippen molar-refractivity contribution in [1.82, 2.24) is 10.7 Å². The van der Waals surface area contributed by atoms with Crippen LogP contribution in [0.5, 0.6) is 0 Å². The maximum absolute atomic E-state index is 6.10. The molecule has 3 rings (SSSR count). The van der Waals surface area contributed by atoms with Gasteiger partial charge in [-0.15, -0.1) is 0 Å². The number of benzene rings is 1. The number of hydrazine groups is 1. The molecule has 3 N–H and O–H groups in total. The summed E-state index contributed by atoms with van der Waals surface area (Å²) < 4.78 is 0. The quantitative estimate of drug-likeness (QED) is 0.540. The first-order valence-corrected chi connectivity index (χ1v) is 8.54. The minimum atomic E-state index is 0.447. The van der Waals surface area contributed by atoms with Gasteiger partial charge in [0, 0.05) is 11.1 Å². The van der Waals surface area contributed by atoms with E-state index in [-0.39, 0.29) is 0 Å². The highest BCUT2D eigenvalue weighted by molar-refractivity contribution is 7.80. The fraction of sp³-hybridized carbons (Fsp3) is 0.500. The van der Waals surface area contributed by atoms with Crippen LogP contribution in [0.1, 0.15) is 25.7 Å². The largest absolute Gasteiger partial charge is 0.358 e. The van der Waals surface area contributed by atoms with Gasteiger partial charge in [-0.1, -0.05) is 41.2 Å². The van der Waals surface area contributed by atoms with Gasteiger partial charge in [0.05, 0.1) is 15.7 Å². The smallest absolute Gasteiger partial charge is 0.185 e. The van der Waals surface area contributed by atoms with Gasteiger partial charge in [-0.2, -0.15) is 0 Å². The van der Waals surface area contributed by atoms with E-state index >= 15 is 0 Å². The van der Waals surface area contributed by atoms with Crippen molar-refractivity contribution < 1.29 is 0 Å². The Balaban J connectivity index is 1.54. The predicted molar refractivity (Wildman–Crippen MR) is 93.2 cm³/mol. The van der Waals surface area contributed by atoms with Crippen molar-refractivity contribution in [3.8, 4) is 0 Å². The van der Waals surface area contributed by atoms with Crippen LogP contribution >= 0.6 is 47.0 Å². The second-order valence-electron chi connectivity index (χ2n) is 5.75. The van der Waals surface area contributed by atoms with Crippen LogP contribution in [-0.4, -0.2) is 11.2 Å². The summed E-state index contributed by atoms with van der Waals surface area (Å²) in [4.78, 5) is 0. The number of anilines is 1. The van der Waals surface area contributed by atoms with Gasteiger partial charge < -0.3 is 5.32 Å². The highest BCUT2D eigenvalue weighted by Gasteiger charge is 2.39. The number of rotatable bonds is 3. The highest BCUT2D eigenvalue weighted by atomic mass is 35.5. The molecule has 0 radical (unpaired) electrons. The molecule has 2 aliphatic carbocycles. The van der Waals surface area contributed by atoms with Gasteiger partial charge in [0.25, 0.3) is 0 Å². The first-order chi connectivity index (χ1) is 10.0. The lowest BCUT2D eigenvalue weighted by molar-refractivity contribution is 0.390. The minimum Gasteiger partial charge on any atom is -0.358 e. The van der Waals surface area contributed by atoms with Crippen molar-refractivity contribution in [3.63, 3.8) is 0 Å². The molecule has 0 heterocycles. The number of fused-ring (bicyclic) bond motifs is 2. The van der Waals surface area contributed by atoms with Crippen LogP contribution < -0.4 is 16.2 Å². The highest BCUT2D eigenvalue weighted by Crippen LogP contribution is 2.44. The topological polar surface area (TPSA) is 36.1 Å². The molecule has 2 fully saturated rings. The second-order valence-corrected chi connectivity index (χ2v) is 7.41. The average molecular weight is 365 g/mol. The molecule has 0 amide bonds. The molecule has 2 saturated carbocycles. The molecular formula is C14H16Cl3N3S. The summed E-state index contributed by atoms with van der Waals surface area (Å²) in [6, 6.07) is 3.75. The molecule has 114 valence electrons. The summed E-state index contributed by atoms with van der Waals surface area (Å²) in [5.41, 5.74) is 6.46. The lowest BCUT2D eigenvalue weighted by Crippen LogP contribution is -2.46. The lowest BCUT2D eigenvalue weighted by Gasteiger charge is -2.25. The zero-order chi connectivity index (χ0) is 15.0. The van der Waals surface area contributed by atoms with Crippen LogP contribution in [0.2, 0.25) is 15.1 Å². The molecule has 1 aromatic carbocycles. The van der Waals surface area contributed by atoms with Crippen LogP contribution in [-0.2, 0) is 0 Å². The first kappa shape index (κ1) is 15.5. The molecule has 7 heteroatoms. The van der Waals surface area contributed by atoms with Crippen molar-refractivity contribution in [3.05, 3.63) is 27.2 Å². The van der Waals surface area contributed by atoms with E-state index in [1.54, 1.807) is 12.1 Å². The molecule has 3 nitrogen and oxygen atoms in total. The molecule has 0 spiro atoms.